The van der Waals surface area contributed by atoms with E-state index in [4.69, 9.17) is 28.9 Å². The first-order valence-electron chi connectivity index (χ1n) is 9.30. The van der Waals surface area contributed by atoms with Crippen molar-refractivity contribution in [1.82, 2.24) is 15.3 Å². The van der Waals surface area contributed by atoms with Crippen LogP contribution in [0.4, 0.5) is 0 Å². The molecule has 0 radical (unpaired) electrons. The molecule has 0 bridgehead atoms. The van der Waals surface area contributed by atoms with Crippen LogP contribution in [-0.4, -0.2) is 22.4 Å². The molecular weight excluding hydrogens is 407 g/mol. The fraction of sp³-hybridized carbons (Fsp3) is 0.227. The Morgan fingerprint density at radius 2 is 1.66 bits per heavy atom. The van der Waals surface area contributed by atoms with Crippen LogP contribution in [0, 0.1) is 0 Å². The van der Waals surface area contributed by atoms with E-state index in [-0.39, 0.29) is 0 Å². The molecule has 0 spiro atoms. The largest absolute Gasteiger partial charge is 0.368 e. The maximum Gasteiger partial charge on any atom is 0.242 e. The van der Waals surface area contributed by atoms with Gasteiger partial charge in [0.25, 0.3) is 0 Å². The van der Waals surface area contributed by atoms with Crippen LogP contribution >= 0.6 is 23.2 Å². The van der Waals surface area contributed by atoms with Crippen LogP contribution in [0.5, 0.6) is 0 Å². The van der Waals surface area contributed by atoms with Gasteiger partial charge in [0.05, 0.1) is 0 Å². The molecule has 7 heteroatoms. The lowest BCUT2D eigenvalue weighted by atomic mass is 9.83. The van der Waals surface area contributed by atoms with Gasteiger partial charge in [0.1, 0.15) is 5.54 Å². The van der Waals surface area contributed by atoms with E-state index in [2.05, 4.69) is 15.3 Å². The SMILES string of the molecule is NC(=O)C(CCc1ccncc1)(NCCc1cccnc1)c1c(Cl)cccc1Cl. The number of amides is 1. The highest BCUT2D eigenvalue weighted by atomic mass is 35.5. The quantitative estimate of drug-likeness (QED) is 0.540. The van der Waals surface area contributed by atoms with Gasteiger partial charge in [0.2, 0.25) is 5.91 Å². The molecular formula is C22H22Cl2N4O. The van der Waals surface area contributed by atoms with Crippen LogP contribution in [0.2, 0.25) is 10.0 Å². The van der Waals surface area contributed by atoms with Crippen molar-refractivity contribution in [3.63, 3.8) is 0 Å². The Hall–Kier alpha value is -2.47. The normalized spacial score (nSPS) is 13.0. The molecule has 1 aromatic carbocycles. The second kappa shape index (κ2) is 9.83. The number of hydrogen-bond acceptors (Lipinski definition) is 4. The molecule has 0 saturated heterocycles. The number of carbonyl (C=O) groups is 1. The summed E-state index contributed by atoms with van der Waals surface area (Å²) < 4.78 is 0. The van der Waals surface area contributed by atoms with Gasteiger partial charge in [-0.1, -0.05) is 35.3 Å². The minimum absolute atomic E-state index is 0.403. The predicted molar refractivity (Wildman–Crippen MR) is 116 cm³/mol. The van der Waals surface area contributed by atoms with Gasteiger partial charge in [-0.2, -0.15) is 0 Å². The van der Waals surface area contributed by atoms with Crippen LogP contribution in [-0.2, 0) is 23.2 Å². The fourth-order valence-corrected chi connectivity index (χ4v) is 4.11. The number of aryl methyl sites for hydroxylation is 1. The molecule has 3 N–H and O–H groups in total. The summed E-state index contributed by atoms with van der Waals surface area (Å²) in [5.74, 6) is -0.521. The number of carbonyl (C=O) groups excluding carboxylic acids is 1. The lowest BCUT2D eigenvalue weighted by Gasteiger charge is -2.34. The number of hydrogen-bond donors (Lipinski definition) is 2. The van der Waals surface area contributed by atoms with E-state index in [0.29, 0.717) is 41.4 Å². The molecule has 1 unspecified atom stereocenters. The summed E-state index contributed by atoms with van der Waals surface area (Å²) in [5, 5.41) is 4.17. The minimum Gasteiger partial charge on any atom is -0.368 e. The van der Waals surface area contributed by atoms with Crippen LogP contribution < -0.4 is 11.1 Å². The Morgan fingerprint density at radius 3 is 2.28 bits per heavy atom. The van der Waals surface area contributed by atoms with Gasteiger partial charge in [-0.05, 0) is 60.7 Å². The molecule has 0 aliphatic heterocycles. The molecule has 0 aliphatic carbocycles. The van der Waals surface area contributed by atoms with E-state index in [9.17, 15) is 4.79 Å². The highest BCUT2D eigenvalue weighted by molar-refractivity contribution is 6.36. The summed E-state index contributed by atoms with van der Waals surface area (Å²) >= 11 is 13.0. The summed E-state index contributed by atoms with van der Waals surface area (Å²) in [6.45, 7) is 0.506. The van der Waals surface area contributed by atoms with Gasteiger partial charge in [0, 0.05) is 46.9 Å². The summed E-state index contributed by atoms with van der Waals surface area (Å²) in [5.41, 5.74) is 7.34. The first-order chi connectivity index (χ1) is 14.0. The average Bonchev–Trinajstić information content (AvgIpc) is 2.72. The third-order valence-corrected chi connectivity index (χ3v) is 5.54. The second-order valence-corrected chi connectivity index (χ2v) is 7.57. The molecule has 0 fully saturated rings. The number of nitrogens with zero attached hydrogens (tertiary/aromatic N) is 2. The van der Waals surface area contributed by atoms with Gasteiger partial charge in [-0.15, -0.1) is 0 Å². The van der Waals surface area contributed by atoms with Crippen molar-refractivity contribution in [3.8, 4) is 0 Å². The Kier molecular flexibility index (Phi) is 7.20. The van der Waals surface area contributed by atoms with E-state index in [1.165, 1.54) is 0 Å². The summed E-state index contributed by atoms with van der Waals surface area (Å²) in [7, 11) is 0. The molecule has 1 amide bonds. The molecule has 3 rings (SSSR count). The van der Waals surface area contributed by atoms with Crippen LogP contribution in [0.15, 0.2) is 67.3 Å². The zero-order valence-electron chi connectivity index (χ0n) is 15.8. The molecule has 1 atom stereocenters. The average molecular weight is 429 g/mol. The summed E-state index contributed by atoms with van der Waals surface area (Å²) in [4.78, 5) is 21.0. The molecule has 150 valence electrons. The van der Waals surface area contributed by atoms with Gasteiger partial charge < -0.3 is 5.73 Å². The first kappa shape index (κ1) is 21.2. The number of nitrogens with two attached hydrogens (primary N) is 1. The Balaban J connectivity index is 1.92. The highest BCUT2D eigenvalue weighted by Crippen LogP contribution is 2.37. The Labute approximate surface area is 180 Å². The maximum atomic E-state index is 12.8. The first-order valence-corrected chi connectivity index (χ1v) is 10.1. The van der Waals surface area contributed by atoms with Crippen molar-refractivity contribution in [3.05, 3.63) is 94.0 Å². The molecule has 0 saturated carbocycles. The number of primary amides is 1. The van der Waals surface area contributed by atoms with Gasteiger partial charge >= 0.3 is 0 Å². The number of halogens is 2. The number of aromatic nitrogens is 2. The summed E-state index contributed by atoms with van der Waals surface area (Å²) in [6.07, 6.45) is 8.66. The number of nitrogens with one attached hydrogen (secondary N) is 1. The zero-order chi connectivity index (χ0) is 20.7. The third kappa shape index (κ3) is 5.12. The molecule has 29 heavy (non-hydrogen) atoms. The fourth-order valence-electron chi connectivity index (χ4n) is 3.39. The molecule has 5 nitrogen and oxygen atoms in total. The maximum absolute atomic E-state index is 12.8. The van der Waals surface area contributed by atoms with Crippen molar-refractivity contribution in [1.29, 1.82) is 0 Å². The monoisotopic (exact) mass is 428 g/mol. The number of pyridine rings is 2. The van der Waals surface area contributed by atoms with Crippen LogP contribution in [0.25, 0.3) is 0 Å². The zero-order valence-corrected chi connectivity index (χ0v) is 17.3. The highest BCUT2D eigenvalue weighted by Gasteiger charge is 2.41. The van der Waals surface area contributed by atoms with Crippen LogP contribution in [0.3, 0.4) is 0 Å². The standard InChI is InChI=1S/C22H22Cl2N4O/c23-18-4-1-5-19(24)20(18)22(21(25)29,10-6-16-7-12-26-13-8-16)28-14-9-17-3-2-11-27-15-17/h1-5,7-8,11-13,15,28H,6,9-10,14H2,(H2,25,29). The smallest absolute Gasteiger partial charge is 0.242 e. The lowest BCUT2D eigenvalue weighted by molar-refractivity contribution is -0.125. The van der Waals surface area contributed by atoms with E-state index in [1.54, 1.807) is 43.0 Å². The second-order valence-electron chi connectivity index (χ2n) is 6.76. The van der Waals surface area contributed by atoms with Crippen molar-refractivity contribution in [2.45, 2.75) is 24.8 Å². The van der Waals surface area contributed by atoms with E-state index < -0.39 is 11.4 Å². The molecule has 2 heterocycles. The van der Waals surface area contributed by atoms with Crippen molar-refractivity contribution >= 4 is 29.1 Å². The number of benzene rings is 1. The van der Waals surface area contributed by atoms with Gasteiger partial charge in [0.15, 0.2) is 0 Å². The Morgan fingerprint density at radius 1 is 0.931 bits per heavy atom. The van der Waals surface area contributed by atoms with Gasteiger partial charge in [-0.3, -0.25) is 20.1 Å². The van der Waals surface area contributed by atoms with E-state index >= 15 is 0 Å². The van der Waals surface area contributed by atoms with Crippen molar-refractivity contribution in [2.24, 2.45) is 5.73 Å². The van der Waals surface area contributed by atoms with E-state index in [0.717, 1.165) is 11.1 Å². The minimum atomic E-state index is -1.21. The molecule has 2 aromatic heterocycles. The molecule has 0 aliphatic rings. The Bertz CT molecular complexity index is 933. The summed E-state index contributed by atoms with van der Waals surface area (Å²) in [6, 6.07) is 12.9. The van der Waals surface area contributed by atoms with Crippen molar-refractivity contribution in [2.75, 3.05) is 6.54 Å². The van der Waals surface area contributed by atoms with Gasteiger partial charge in [-0.25, -0.2) is 0 Å². The third-order valence-electron chi connectivity index (χ3n) is 4.91. The number of rotatable bonds is 9. The van der Waals surface area contributed by atoms with Crippen molar-refractivity contribution < 1.29 is 4.79 Å². The lowest BCUT2D eigenvalue weighted by Crippen LogP contribution is -2.54. The molecule has 3 aromatic rings. The topological polar surface area (TPSA) is 80.9 Å². The van der Waals surface area contributed by atoms with E-state index in [1.807, 2.05) is 24.3 Å². The van der Waals surface area contributed by atoms with Crippen LogP contribution in [0.1, 0.15) is 23.1 Å². The predicted octanol–water partition coefficient (Wildman–Crippen LogP) is 3.93.